The number of alkyl halides is 3. The first-order valence-electron chi connectivity index (χ1n) is 8.34. The molecule has 0 aliphatic carbocycles. The van der Waals surface area contributed by atoms with Crippen LogP contribution in [0.25, 0.3) is 0 Å². The van der Waals surface area contributed by atoms with Gasteiger partial charge in [-0.05, 0) is 24.3 Å². The van der Waals surface area contributed by atoms with Crippen molar-refractivity contribution in [2.75, 3.05) is 38.1 Å². The van der Waals surface area contributed by atoms with Crippen LogP contribution in [-0.2, 0) is 12.7 Å². The number of benzene rings is 1. The summed E-state index contributed by atoms with van der Waals surface area (Å²) in [4.78, 5) is 12.0. The summed E-state index contributed by atoms with van der Waals surface area (Å²) >= 11 is 0.968. The van der Waals surface area contributed by atoms with Gasteiger partial charge in [0, 0.05) is 44.3 Å². The summed E-state index contributed by atoms with van der Waals surface area (Å²) in [6.45, 7) is 3.06. The number of aromatic nitrogens is 1. The zero-order valence-electron chi connectivity index (χ0n) is 15.0. The quantitative estimate of drug-likeness (QED) is 0.285. The van der Waals surface area contributed by atoms with Gasteiger partial charge in [-0.25, -0.2) is 9.37 Å². The van der Waals surface area contributed by atoms with E-state index in [4.69, 9.17) is 0 Å². The number of aliphatic imine (C=N–C) groups is 1. The Bertz CT molecular complexity index is 786. The minimum absolute atomic E-state index is 0. The lowest BCUT2D eigenvalue weighted by atomic mass is 10.2. The predicted octanol–water partition coefficient (Wildman–Crippen LogP) is 3.82. The molecule has 0 atom stereocenters. The molecule has 0 spiro atoms. The van der Waals surface area contributed by atoms with E-state index in [1.807, 2.05) is 4.90 Å². The van der Waals surface area contributed by atoms with Crippen molar-refractivity contribution in [3.05, 3.63) is 46.2 Å². The molecule has 11 heteroatoms. The molecule has 1 aromatic heterocycles. The minimum Gasteiger partial charge on any atom is -0.368 e. The lowest BCUT2D eigenvalue weighted by molar-refractivity contribution is -0.140. The molecule has 1 aliphatic heterocycles. The van der Waals surface area contributed by atoms with Crippen molar-refractivity contribution in [2.24, 2.45) is 4.99 Å². The maximum Gasteiger partial charge on any atom is 0.434 e. The number of guanidine groups is 1. The monoisotopic (exact) mass is 529 g/mol. The predicted molar refractivity (Wildman–Crippen MR) is 113 cm³/mol. The van der Waals surface area contributed by atoms with Crippen molar-refractivity contribution in [2.45, 2.75) is 12.7 Å². The fourth-order valence-corrected chi connectivity index (χ4v) is 3.58. The van der Waals surface area contributed by atoms with E-state index < -0.39 is 11.9 Å². The standard InChI is InChI=1S/C17H19F4N5S.HI/c1-22-16(23-10-15-24-14(11-27-15)17(19,20)21)26-8-6-25(7-9-26)13-4-2-12(18)3-5-13;/h2-5,11H,6-10H2,1H3,(H,22,23);1H. The Morgan fingerprint density at radius 2 is 1.82 bits per heavy atom. The number of nitrogens with one attached hydrogen (secondary N) is 1. The zero-order valence-corrected chi connectivity index (χ0v) is 18.2. The Hall–Kier alpha value is -1.63. The number of hydrogen-bond donors (Lipinski definition) is 1. The molecule has 154 valence electrons. The van der Waals surface area contributed by atoms with Crippen LogP contribution in [0.3, 0.4) is 0 Å². The van der Waals surface area contributed by atoms with Crippen LogP contribution in [0.15, 0.2) is 34.6 Å². The highest BCUT2D eigenvalue weighted by molar-refractivity contribution is 14.0. The first kappa shape index (κ1) is 22.7. The SMILES string of the molecule is CN=C(NCc1nc(C(F)(F)F)cs1)N1CCN(c2ccc(F)cc2)CC1.I. The summed E-state index contributed by atoms with van der Waals surface area (Å²) < 4.78 is 50.9. The first-order chi connectivity index (χ1) is 12.9. The molecule has 1 N–H and O–H groups in total. The fourth-order valence-electron chi connectivity index (χ4n) is 2.84. The maximum atomic E-state index is 13.0. The highest BCUT2D eigenvalue weighted by Crippen LogP contribution is 2.29. The zero-order chi connectivity index (χ0) is 19.4. The van der Waals surface area contributed by atoms with Crippen molar-refractivity contribution >= 4 is 47.0 Å². The van der Waals surface area contributed by atoms with E-state index in [1.165, 1.54) is 12.1 Å². The highest BCUT2D eigenvalue weighted by Gasteiger charge is 2.33. The summed E-state index contributed by atoms with van der Waals surface area (Å²) in [6.07, 6.45) is -4.42. The van der Waals surface area contributed by atoms with Gasteiger partial charge in [0.2, 0.25) is 0 Å². The lowest BCUT2D eigenvalue weighted by Gasteiger charge is -2.37. The van der Waals surface area contributed by atoms with E-state index >= 15 is 0 Å². The number of halogens is 5. The van der Waals surface area contributed by atoms with Gasteiger partial charge in [-0.2, -0.15) is 13.2 Å². The number of rotatable bonds is 3. The molecular weight excluding hydrogens is 509 g/mol. The van der Waals surface area contributed by atoms with E-state index in [0.29, 0.717) is 24.1 Å². The van der Waals surface area contributed by atoms with Crippen LogP contribution in [-0.4, -0.2) is 49.1 Å². The van der Waals surface area contributed by atoms with Gasteiger partial charge in [-0.1, -0.05) is 0 Å². The Morgan fingerprint density at radius 3 is 2.36 bits per heavy atom. The van der Waals surface area contributed by atoms with Gasteiger partial charge in [0.1, 0.15) is 10.8 Å². The lowest BCUT2D eigenvalue weighted by Crippen LogP contribution is -2.52. The highest BCUT2D eigenvalue weighted by atomic mass is 127. The molecule has 0 bridgehead atoms. The second-order valence-corrected chi connectivity index (χ2v) is 6.92. The molecule has 1 aliphatic rings. The molecule has 0 saturated carbocycles. The van der Waals surface area contributed by atoms with Gasteiger partial charge in [-0.3, -0.25) is 4.99 Å². The Kier molecular flexibility index (Phi) is 7.87. The second kappa shape index (κ2) is 9.72. The summed E-state index contributed by atoms with van der Waals surface area (Å²) in [5.41, 5.74) is 0.0914. The van der Waals surface area contributed by atoms with E-state index in [0.717, 1.165) is 35.5 Å². The van der Waals surface area contributed by atoms with Crippen molar-refractivity contribution in [3.8, 4) is 0 Å². The van der Waals surface area contributed by atoms with Crippen molar-refractivity contribution in [1.82, 2.24) is 15.2 Å². The van der Waals surface area contributed by atoms with Crippen LogP contribution in [0.5, 0.6) is 0 Å². The third-order valence-corrected chi connectivity index (χ3v) is 5.07. The molecule has 2 heterocycles. The summed E-state index contributed by atoms with van der Waals surface area (Å²) in [5, 5.41) is 4.44. The maximum absolute atomic E-state index is 13.0. The van der Waals surface area contributed by atoms with Crippen molar-refractivity contribution in [1.29, 1.82) is 0 Å². The van der Waals surface area contributed by atoms with Crippen LogP contribution in [0.2, 0.25) is 0 Å². The number of thiazole rings is 1. The number of piperazine rings is 1. The normalized spacial score (nSPS) is 15.4. The molecule has 0 amide bonds. The van der Waals surface area contributed by atoms with Crippen LogP contribution in [0, 0.1) is 5.82 Å². The van der Waals surface area contributed by atoms with Gasteiger partial charge in [0.25, 0.3) is 0 Å². The van der Waals surface area contributed by atoms with Gasteiger partial charge < -0.3 is 15.1 Å². The molecule has 28 heavy (non-hydrogen) atoms. The van der Waals surface area contributed by atoms with Gasteiger partial charge in [0.15, 0.2) is 11.7 Å². The van der Waals surface area contributed by atoms with E-state index in [2.05, 4.69) is 20.2 Å². The van der Waals surface area contributed by atoms with E-state index in [1.54, 1.807) is 19.2 Å². The van der Waals surface area contributed by atoms with Gasteiger partial charge in [-0.15, -0.1) is 35.3 Å². The van der Waals surface area contributed by atoms with E-state index in [-0.39, 0.29) is 36.3 Å². The topological polar surface area (TPSA) is 43.8 Å². The molecule has 1 aromatic carbocycles. The number of nitrogens with zero attached hydrogens (tertiary/aromatic N) is 4. The Labute approximate surface area is 181 Å². The average molecular weight is 529 g/mol. The summed E-state index contributed by atoms with van der Waals surface area (Å²) in [5.74, 6) is 0.357. The Balaban J connectivity index is 0.00000280. The molecule has 2 aromatic rings. The van der Waals surface area contributed by atoms with Crippen molar-refractivity contribution in [3.63, 3.8) is 0 Å². The molecule has 5 nitrogen and oxygen atoms in total. The first-order valence-corrected chi connectivity index (χ1v) is 9.22. The smallest absolute Gasteiger partial charge is 0.368 e. The van der Waals surface area contributed by atoms with Gasteiger partial charge in [0.05, 0.1) is 6.54 Å². The second-order valence-electron chi connectivity index (χ2n) is 5.98. The fraction of sp³-hybridized carbons (Fsp3) is 0.412. The third kappa shape index (κ3) is 5.69. The molecule has 0 unspecified atom stereocenters. The van der Waals surface area contributed by atoms with Crippen LogP contribution >= 0.6 is 35.3 Å². The van der Waals surface area contributed by atoms with E-state index in [9.17, 15) is 17.6 Å². The van der Waals surface area contributed by atoms with Crippen LogP contribution < -0.4 is 10.2 Å². The third-order valence-electron chi connectivity index (χ3n) is 4.22. The molecule has 3 rings (SSSR count). The van der Waals surface area contributed by atoms with Crippen LogP contribution in [0.1, 0.15) is 10.7 Å². The number of hydrogen-bond acceptors (Lipinski definition) is 4. The molecular formula is C17H20F4IN5S. The largest absolute Gasteiger partial charge is 0.434 e. The van der Waals surface area contributed by atoms with Gasteiger partial charge >= 0.3 is 6.18 Å². The minimum atomic E-state index is -4.42. The average Bonchev–Trinajstić information content (AvgIpc) is 3.13. The Morgan fingerprint density at radius 1 is 1.18 bits per heavy atom. The van der Waals surface area contributed by atoms with Crippen molar-refractivity contribution < 1.29 is 17.6 Å². The molecule has 1 fully saturated rings. The summed E-state index contributed by atoms with van der Waals surface area (Å²) in [7, 11) is 1.64. The number of anilines is 1. The molecule has 0 radical (unpaired) electrons. The summed E-state index contributed by atoms with van der Waals surface area (Å²) in [6, 6.07) is 6.37. The molecule has 1 saturated heterocycles. The van der Waals surface area contributed by atoms with Crippen LogP contribution in [0.4, 0.5) is 23.2 Å².